The monoisotopic (exact) mass is 1010 g/mol. The third-order valence-electron chi connectivity index (χ3n) is 12.3. The van der Waals surface area contributed by atoms with Crippen LogP contribution in [0.2, 0.25) is 0 Å². The lowest BCUT2D eigenvalue weighted by atomic mass is 10.1. The van der Waals surface area contributed by atoms with E-state index < -0.39 is 6.10 Å². The van der Waals surface area contributed by atoms with E-state index in [0.29, 0.717) is 19.3 Å². The Morgan fingerprint density at radius 3 is 0.973 bits per heavy atom. The fourth-order valence-corrected chi connectivity index (χ4v) is 7.86. The van der Waals surface area contributed by atoms with Gasteiger partial charge in [-0.3, -0.25) is 14.4 Å². The lowest BCUT2D eigenvalue weighted by molar-refractivity contribution is -0.167. The van der Waals surface area contributed by atoms with Gasteiger partial charge in [-0.25, -0.2) is 0 Å². The zero-order valence-corrected chi connectivity index (χ0v) is 47.1. The number of carbonyl (C=O) groups excluding carboxylic acids is 3. The highest BCUT2D eigenvalue weighted by atomic mass is 16.6. The molecule has 0 amide bonds. The standard InChI is InChI=1S/C67H108O6/c1-4-7-10-13-16-19-22-25-28-31-33-36-39-42-45-48-51-54-57-60-66(69)72-63-64(62-71-65(68)59-56-53-50-47-44-41-38-35-30-27-24-21-18-15-12-9-6-3)73-67(70)61-58-55-52-49-46-43-40-37-34-32-29-26-23-20-17-14-11-8-5-2/h7,10,13,16-23,25-28,30-31,33,36,39,42,45,64H,4-6,8-9,11-12,14-15,24,29,32,34-35,37-38,40-41,43-44,46-63H2,1-3H3/b10-7-,16-13-,20-17-,21-18-,22-19-,26-23-,28-25-,30-27-,33-31+,39-36-,45-42-. The van der Waals surface area contributed by atoms with Gasteiger partial charge in [-0.05, 0) is 96.3 Å². The maximum absolute atomic E-state index is 12.9. The van der Waals surface area contributed by atoms with Crippen LogP contribution in [-0.2, 0) is 28.6 Å². The maximum Gasteiger partial charge on any atom is 0.306 e. The van der Waals surface area contributed by atoms with Crippen LogP contribution in [0, 0.1) is 0 Å². The summed E-state index contributed by atoms with van der Waals surface area (Å²) >= 11 is 0. The molecule has 0 N–H and O–H groups in total. The van der Waals surface area contributed by atoms with Crippen molar-refractivity contribution in [3.63, 3.8) is 0 Å². The third kappa shape index (κ3) is 58.3. The molecule has 0 aromatic rings. The molecular weight excluding hydrogens is 901 g/mol. The number of esters is 3. The van der Waals surface area contributed by atoms with Crippen LogP contribution < -0.4 is 0 Å². The van der Waals surface area contributed by atoms with E-state index >= 15 is 0 Å². The molecule has 1 unspecified atom stereocenters. The Morgan fingerprint density at radius 2 is 0.589 bits per heavy atom. The summed E-state index contributed by atoms with van der Waals surface area (Å²) in [4.78, 5) is 38.3. The third-order valence-corrected chi connectivity index (χ3v) is 12.3. The van der Waals surface area contributed by atoms with Crippen LogP contribution in [0.1, 0.15) is 252 Å². The van der Waals surface area contributed by atoms with E-state index in [1.54, 1.807) is 0 Å². The summed E-state index contributed by atoms with van der Waals surface area (Å²) in [6.07, 6.45) is 84.3. The first-order chi connectivity index (χ1) is 36.0. The van der Waals surface area contributed by atoms with Crippen LogP contribution in [-0.4, -0.2) is 37.2 Å². The lowest BCUT2D eigenvalue weighted by Gasteiger charge is -2.18. The first kappa shape index (κ1) is 68.6. The number of hydrogen-bond acceptors (Lipinski definition) is 6. The van der Waals surface area contributed by atoms with E-state index in [4.69, 9.17) is 14.2 Å². The van der Waals surface area contributed by atoms with Gasteiger partial charge in [-0.15, -0.1) is 0 Å². The van der Waals surface area contributed by atoms with Gasteiger partial charge in [0.05, 0.1) is 0 Å². The number of allylic oxidation sites excluding steroid dienone is 22. The second-order valence-electron chi connectivity index (χ2n) is 19.4. The van der Waals surface area contributed by atoms with Crippen molar-refractivity contribution in [1.82, 2.24) is 0 Å². The van der Waals surface area contributed by atoms with Gasteiger partial charge < -0.3 is 14.2 Å². The fraction of sp³-hybridized carbons (Fsp3) is 0.627. The molecule has 0 radical (unpaired) electrons. The molecule has 6 nitrogen and oxygen atoms in total. The average Bonchev–Trinajstić information content (AvgIpc) is 3.39. The highest BCUT2D eigenvalue weighted by Gasteiger charge is 2.19. The molecule has 0 heterocycles. The molecule has 0 aromatic carbocycles. The molecule has 0 saturated heterocycles. The van der Waals surface area contributed by atoms with E-state index in [2.05, 4.69) is 81.5 Å². The molecule has 0 fully saturated rings. The minimum Gasteiger partial charge on any atom is -0.462 e. The van der Waals surface area contributed by atoms with E-state index in [1.807, 2.05) is 72.9 Å². The van der Waals surface area contributed by atoms with Crippen LogP contribution in [0.25, 0.3) is 0 Å². The Labute approximate surface area is 449 Å². The zero-order chi connectivity index (χ0) is 52.9. The quantitative estimate of drug-likeness (QED) is 0.0199. The van der Waals surface area contributed by atoms with Crippen molar-refractivity contribution in [2.75, 3.05) is 13.2 Å². The smallest absolute Gasteiger partial charge is 0.306 e. The number of rotatable bonds is 52. The van der Waals surface area contributed by atoms with Crippen molar-refractivity contribution in [1.29, 1.82) is 0 Å². The Hall–Kier alpha value is -4.45. The molecule has 0 saturated carbocycles. The molecule has 0 bridgehead atoms. The van der Waals surface area contributed by atoms with Crippen molar-refractivity contribution in [2.24, 2.45) is 0 Å². The Morgan fingerprint density at radius 1 is 0.301 bits per heavy atom. The van der Waals surface area contributed by atoms with Crippen LogP contribution >= 0.6 is 0 Å². The number of carbonyl (C=O) groups is 3. The van der Waals surface area contributed by atoms with Gasteiger partial charge in [-0.1, -0.05) is 270 Å². The van der Waals surface area contributed by atoms with E-state index in [9.17, 15) is 14.4 Å². The minimum absolute atomic E-state index is 0.103. The van der Waals surface area contributed by atoms with Gasteiger partial charge in [0.2, 0.25) is 0 Å². The summed E-state index contributed by atoms with van der Waals surface area (Å²) in [6.45, 7) is 6.40. The SMILES string of the molecule is CC\C=C/C=C\C=C/C=C\C=C\C=C/C=C\CCCCCC(=O)OCC(COC(=O)CCCCCCCCC/C=C\C/C=C\CCCCC)OC(=O)CCCCCCCCCCCC/C=C\C=C/CCCCC. The molecule has 1 atom stereocenters. The van der Waals surface area contributed by atoms with Crippen molar-refractivity contribution in [3.05, 3.63) is 134 Å². The highest BCUT2D eigenvalue weighted by Crippen LogP contribution is 2.15. The van der Waals surface area contributed by atoms with Crippen LogP contribution in [0.5, 0.6) is 0 Å². The number of ether oxygens (including phenoxy) is 3. The molecule has 0 aromatic heterocycles. The molecule has 0 rings (SSSR count). The van der Waals surface area contributed by atoms with Gasteiger partial charge in [0.15, 0.2) is 6.10 Å². The molecule has 412 valence electrons. The lowest BCUT2D eigenvalue weighted by Crippen LogP contribution is -2.30. The molecule has 73 heavy (non-hydrogen) atoms. The van der Waals surface area contributed by atoms with E-state index in [-0.39, 0.29) is 31.1 Å². The number of unbranched alkanes of at least 4 members (excludes halogenated alkanes) is 26. The summed E-state index contributed by atoms with van der Waals surface area (Å²) in [5.74, 6) is -0.960. The van der Waals surface area contributed by atoms with Crippen molar-refractivity contribution >= 4 is 17.9 Å². The summed E-state index contributed by atoms with van der Waals surface area (Å²) in [7, 11) is 0. The van der Waals surface area contributed by atoms with Gasteiger partial charge >= 0.3 is 17.9 Å². The van der Waals surface area contributed by atoms with E-state index in [1.165, 1.54) is 128 Å². The molecule has 6 heteroatoms. The van der Waals surface area contributed by atoms with Gasteiger partial charge in [-0.2, -0.15) is 0 Å². The second-order valence-corrected chi connectivity index (χ2v) is 19.4. The molecule has 0 aliphatic heterocycles. The largest absolute Gasteiger partial charge is 0.462 e. The number of hydrogen-bond donors (Lipinski definition) is 0. The first-order valence-electron chi connectivity index (χ1n) is 29.8. The fourth-order valence-electron chi connectivity index (χ4n) is 7.86. The van der Waals surface area contributed by atoms with Crippen molar-refractivity contribution < 1.29 is 28.6 Å². The van der Waals surface area contributed by atoms with Crippen LogP contribution in [0.15, 0.2) is 134 Å². The predicted octanol–water partition coefficient (Wildman–Crippen LogP) is 20.2. The average molecular weight is 1010 g/mol. The summed E-state index contributed by atoms with van der Waals surface area (Å²) in [6, 6.07) is 0. The zero-order valence-electron chi connectivity index (χ0n) is 47.1. The van der Waals surface area contributed by atoms with E-state index in [0.717, 1.165) is 83.5 Å². The Bertz CT molecular complexity index is 1580. The molecule has 0 spiro atoms. The molecule has 0 aliphatic carbocycles. The van der Waals surface area contributed by atoms with Crippen LogP contribution in [0.4, 0.5) is 0 Å². The van der Waals surface area contributed by atoms with Crippen molar-refractivity contribution in [2.45, 2.75) is 258 Å². The van der Waals surface area contributed by atoms with Gasteiger partial charge in [0.1, 0.15) is 13.2 Å². The Balaban J connectivity index is 4.52. The minimum atomic E-state index is -0.809. The molecular formula is C67H108O6. The summed E-state index contributed by atoms with van der Waals surface area (Å²) in [5, 5.41) is 0. The Kier molecular flexibility index (Phi) is 56.4. The predicted molar refractivity (Wildman–Crippen MR) is 316 cm³/mol. The highest BCUT2D eigenvalue weighted by molar-refractivity contribution is 5.71. The second kappa shape index (κ2) is 60.1. The normalized spacial score (nSPS) is 13.1. The maximum atomic E-state index is 12.9. The summed E-state index contributed by atoms with van der Waals surface area (Å²) in [5.41, 5.74) is 0. The first-order valence-corrected chi connectivity index (χ1v) is 29.8. The summed E-state index contributed by atoms with van der Waals surface area (Å²) < 4.78 is 16.9. The van der Waals surface area contributed by atoms with Gasteiger partial charge in [0.25, 0.3) is 0 Å². The molecule has 0 aliphatic rings. The van der Waals surface area contributed by atoms with Crippen molar-refractivity contribution in [3.8, 4) is 0 Å². The van der Waals surface area contributed by atoms with Crippen LogP contribution in [0.3, 0.4) is 0 Å². The van der Waals surface area contributed by atoms with Gasteiger partial charge in [0, 0.05) is 19.3 Å². The topological polar surface area (TPSA) is 78.9 Å².